The third kappa shape index (κ3) is 6.97. The van der Waals surface area contributed by atoms with E-state index in [4.69, 9.17) is 9.47 Å². The van der Waals surface area contributed by atoms with Crippen molar-refractivity contribution in [2.75, 3.05) is 15.1 Å². The van der Waals surface area contributed by atoms with E-state index in [0.717, 1.165) is 96.0 Å². The van der Waals surface area contributed by atoms with Gasteiger partial charge in [-0.05, 0) is 134 Å². The molecular formula is C66H43B2N3O2S. The first-order chi connectivity index (χ1) is 36.7. The average Bonchev–Trinajstić information content (AvgIpc) is 3.48. The van der Waals surface area contributed by atoms with Gasteiger partial charge in [-0.2, -0.15) is 0 Å². The first-order valence-electron chi connectivity index (χ1n) is 25.2. The van der Waals surface area contributed by atoms with Crippen LogP contribution in [0.3, 0.4) is 0 Å². The van der Waals surface area contributed by atoms with Crippen molar-refractivity contribution >= 4 is 103 Å². The highest BCUT2D eigenvalue weighted by Gasteiger charge is 2.44. The minimum atomic E-state index is -0.0942. The number of nitrogens with zero attached hydrogens (tertiary/aromatic N) is 2. The van der Waals surface area contributed by atoms with Crippen LogP contribution in [0.25, 0.3) is 22.3 Å². The molecule has 15 rings (SSSR count). The molecular weight excluding hydrogens is 920 g/mol. The fourth-order valence-electron chi connectivity index (χ4n) is 11.8. The monoisotopic (exact) mass is 963 g/mol. The van der Waals surface area contributed by atoms with Crippen LogP contribution in [-0.4, -0.2) is 13.4 Å². The van der Waals surface area contributed by atoms with Crippen LogP contribution in [0.1, 0.15) is 0 Å². The van der Waals surface area contributed by atoms with Crippen molar-refractivity contribution in [2.45, 2.75) is 9.79 Å². The first-order valence-corrected chi connectivity index (χ1v) is 26.0. The Morgan fingerprint density at radius 2 is 0.851 bits per heavy atom. The molecule has 0 atom stereocenters. The van der Waals surface area contributed by atoms with Crippen LogP contribution in [0.4, 0.5) is 45.5 Å². The van der Waals surface area contributed by atoms with Gasteiger partial charge in [-0.1, -0.05) is 175 Å². The van der Waals surface area contributed by atoms with E-state index in [-0.39, 0.29) is 13.4 Å². The maximum atomic E-state index is 7.34. The largest absolute Gasteiger partial charge is 0.458 e. The molecule has 0 radical (unpaired) electrons. The summed E-state index contributed by atoms with van der Waals surface area (Å²) in [6, 6.07) is 91.4. The van der Waals surface area contributed by atoms with Crippen molar-refractivity contribution in [1.82, 2.24) is 0 Å². The summed E-state index contributed by atoms with van der Waals surface area (Å²) >= 11 is 1.84. The molecule has 0 spiro atoms. The normalized spacial score (nSPS) is 12.8. The molecule has 0 aliphatic carbocycles. The second kappa shape index (κ2) is 17.3. The van der Waals surface area contributed by atoms with E-state index >= 15 is 0 Å². The molecule has 0 amide bonds. The second-order valence-corrected chi connectivity index (χ2v) is 20.3. The summed E-state index contributed by atoms with van der Waals surface area (Å²) in [6.45, 7) is -0.186. The minimum Gasteiger partial charge on any atom is -0.458 e. The van der Waals surface area contributed by atoms with Crippen LogP contribution >= 0.6 is 11.8 Å². The summed E-state index contributed by atoms with van der Waals surface area (Å²) in [7, 11) is 0. The molecule has 1 N–H and O–H groups in total. The minimum absolute atomic E-state index is 0.0923. The van der Waals surface area contributed by atoms with Crippen molar-refractivity contribution in [3.8, 4) is 45.3 Å². The van der Waals surface area contributed by atoms with Crippen LogP contribution in [0, 0.1) is 0 Å². The van der Waals surface area contributed by atoms with Gasteiger partial charge in [0.25, 0.3) is 13.4 Å². The van der Waals surface area contributed by atoms with E-state index in [0.29, 0.717) is 0 Å². The fraction of sp³-hybridized carbons (Fsp3) is 0. The van der Waals surface area contributed by atoms with Crippen molar-refractivity contribution in [3.63, 3.8) is 0 Å². The molecule has 11 aromatic rings. The summed E-state index contributed by atoms with van der Waals surface area (Å²) in [5.41, 5.74) is 20.2. The van der Waals surface area contributed by atoms with E-state index in [1.807, 2.05) is 11.8 Å². The number of ether oxygens (including phenoxy) is 2. The smallest absolute Gasteiger partial charge is 0.256 e. The number of para-hydroxylation sites is 5. The number of benzene rings is 11. The van der Waals surface area contributed by atoms with E-state index in [1.165, 1.54) is 37.3 Å². The third-order valence-electron chi connectivity index (χ3n) is 15.0. The van der Waals surface area contributed by atoms with Gasteiger partial charge in [-0.15, -0.1) is 0 Å². The van der Waals surface area contributed by atoms with E-state index < -0.39 is 0 Å². The summed E-state index contributed by atoms with van der Waals surface area (Å²) in [6.07, 6.45) is 0. The molecule has 4 heterocycles. The Kier molecular flexibility index (Phi) is 9.95. The Hall–Kier alpha value is -9.10. The highest BCUT2D eigenvalue weighted by molar-refractivity contribution is 8.00. The lowest BCUT2D eigenvalue weighted by Crippen LogP contribution is -2.62. The molecule has 0 saturated carbocycles. The van der Waals surface area contributed by atoms with Crippen LogP contribution in [0.5, 0.6) is 23.0 Å². The van der Waals surface area contributed by atoms with E-state index in [9.17, 15) is 0 Å². The molecule has 5 nitrogen and oxygen atoms in total. The topological polar surface area (TPSA) is 37.0 Å². The molecule has 74 heavy (non-hydrogen) atoms. The van der Waals surface area contributed by atoms with E-state index in [2.05, 4.69) is 270 Å². The van der Waals surface area contributed by atoms with Crippen LogP contribution < -0.4 is 57.4 Å². The lowest BCUT2D eigenvalue weighted by Gasteiger charge is -2.38. The molecule has 0 aromatic heterocycles. The Morgan fingerprint density at radius 3 is 1.51 bits per heavy atom. The summed E-state index contributed by atoms with van der Waals surface area (Å²) in [5.74, 6) is 3.44. The van der Waals surface area contributed by atoms with Gasteiger partial charge in [0.15, 0.2) is 0 Å². The number of anilines is 8. The van der Waals surface area contributed by atoms with Gasteiger partial charge in [0, 0.05) is 61.7 Å². The van der Waals surface area contributed by atoms with Crippen LogP contribution in [0.2, 0.25) is 0 Å². The summed E-state index contributed by atoms with van der Waals surface area (Å²) in [4.78, 5) is 7.07. The predicted octanol–water partition coefficient (Wildman–Crippen LogP) is 13.7. The summed E-state index contributed by atoms with van der Waals surface area (Å²) in [5, 5.41) is 3.98. The lowest BCUT2D eigenvalue weighted by molar-refractivity contribution is 0.486. The Bertz CT molecular complexity index is 3920. The van der Waals surface area contributed by atoms with E-state index in [1.54, 1.807) is 0 Å². The Morgan fingerprint density at radius 1 is 0.311 bits per heavy atom. The maximum Gasteiger partial charge on any atom is 0.256 e. The molecule has 0 saturated heterocycles. The number of hydrogen-bond donors (Lipinski definition) is 1. The SMILES string of the molecule is c1ccc(-c2ccccc2-c2cc3c4c(c2)Sc2cc(N(c5ccccc5)c5ccccc5)ccc2B4c2cc4c(cc2O3)Nc2cc(N(c3ccccc3)c3ccccc3)cc3c2B4c2ccccc2O3)cc1. The molecule has 4 aliphatic rings. The highest BCUT2D eigenvalue weighted by Crippen LogP contribution is 2.46. The second-order valence-electron chi connectivity index (χ2n) is 19.3. The predicted molar refractivity (Wildman–Crippen MR) is 309 cm³/mol. The number of fused-ring (bicyclic) bond motifs is 8. The van der Waals surface area contributed by atoms with Gasteiger partial charge in [0.2, 0.25) is 0 Å². The first kappa shape index (κ1) is 42.6. The van der Waals surface area contributed by atoms with Crippen molar-refractivity contribution in [2.24, 2.45) is 0 Å². The molecule has 0 bridgehead atoms. The van der Waals surface area contributed by atoms with Gasteiger partial charge >= 0.3 is 0 Å². The fourth-order valence-corrected chi connectivity index (χ4v) is 13.0. The number of rotatable bonds is 8. The van der Waals surface area contributed by atoms with Gasteiger partial charge in [0.05, 0.1) is 5.69 Å². The van der Waals surface area contributed by atoms with Crippen molar-refractivity contribution in [1.29, 1.82) is 0 Å². The molecule has 8 heteroatoms. The Balaban J connectivity index is 0.926. The van der Waals surface area contributed by atoms with Crippen molar-refractivity contribution < 1.29 is 9.47 Å². The quantitative estimate of drug-likeness (QED) is 0.153. The molecule has 0 unspecified atom stereocenters. The van der Waals surface area contributed by atoms with Crippen LogP contribution in [-0.2, 0) is 0 Å². The zero-order chi connectivity index (χ0) is 48.7. The van der Waals surface area contributed by atoms with Crippen molar-refractivity contribution in [3.05, 3.63) is 255 Å². The Labute approximate surface area is 435 Å². The molecule has 11 aromatic carbocycles. The highest BCUT2D eigenvalue weighted by atomic mass is 32.2. The van der Waals surface area contributed by atoms with Gasteiger partial charge in [-0.3, -0.25) is 0 Å². The van der Waals surface area contributed by atoms with Gasteiger partial charge in [-0.25, -0.2) is 0 Å². The zero-order valence-electron chi connectivity index (χ0n) is 40.0. The average molecular weight is 964 g/mol. The lowest BCUT2D eigenvalue weighted by atomic mass is 9.31. The van der Waals surface area contributed by atoms with Crippen LogP contribution in [0.15, 0.2) is 265 Å². The molecule has 4 aliphatic heterocycles. The zero-order valence-corrected chi connectivity index (χ0v) is 40.8. The maximum absolute atomic E-state index is 7.34. The van der Waals surface area contributed by atoms with Gasteiger partial charge < -0.3 is 24.6 Å². The molecule has 0 fully saturated rings. The van der Waals surface area contributed by atoms with Gasteiger partial charge in [0.1, 0.15) is 23.0 Å². The number of nitrogens with one attached hydrogen (secondary N) is 1. The summed E-state index contributed by atoms with van der Waals surface area (Å²) < 4.78 is 14.3. The third-order valence-corrected chi connectivity index (χ3v) is 16.1. The number of hydrogen-bond acceptors (Lipinski definition) is 6. The standard InChI is InChI=1S/C66H43B2N3O2S/c1-6-20-43(21-7-1)51-30-16-17-31-52(51)44-36-61-66-64(37-44)74-63-40-49(70(45-22-8-2-9-23-45)46-24-10-3-11-25-46)34-35-54(63)68(66)56-41-55-57(42-60(56)73-61)69-58-38-50(39-62-65(58)67(55)53-32-18-19-33-59(53)72-62)71(47-26-12-4-13-27-47)48-28-14-5-15-29-48/h1-42,69H. The molecule has 346 valence electrons.